The lowest BCUT2D eigenvalue weighted by Gasteiger charge is -2.10. The first-order valence-corrected chi connectivity index (χ1v) is 8.76. The van der Waals surface area contributed by atoms with E-state index in [0.29, 0.717) is 17.0 Å². The van der Waals surface area contributed by atoms with Gasteiger partial charge >= 0.3 is 5.97 Å². The van der Waals surface area contributed by atoms with Gasteiger partial charge in [-0.05, 0) is 48.7 Å². The monoisotopic (exact) mass is 374 g/mol. The topological polar surface area (TPSA) is 108 Å². The molecule has 0 atom stereocenters. The summed E-state index contributed by atoms with van der Waals surface area (Å²) in [6.07, 6.45) is 1.91. The molecule has 0 saturated carbocycles. The Morgan fingerprint density at radius 1 is 1.12 bits per heavy atom. The van der Waals surface area contributed by atoms with Crippen molar-refractivity contribution < 1.29 is 23.9 Å². The van der Waals surface area contributed by atoms with Crippen LogP contribution in [0.25, 0.3) is 0 Å². The molecule has 2 aromatic carbocycles. The number of methoxy groups -OCH3 is 1. The minimum atomic E-state index is -0.659. The van der Waals surface area contributed by atoms with E-state index >= 15 is 0 Å². The summed E-state index contributed by atoms with van der Waals surface area (Å²) < 4.78 is 10.2. The molecule has 7 nitrogen and oxygen atoms in total. The fourth-order valence-corrected chi connectivity index (χ4v) is 2.52. The van der Waals surface area contributed by atoms with Crippen molar-refractivity contribution in [2.75, 3.05) is 25.3 Å². The highest BCUT2D eigenvalue weighted by Gasteiger charge is 2.16. The van der Waals surface area contributed by atoms with Crippen LogP contribution in [0.5, 0.6) is 5.75 Å². The van der Waals surface area contributed by atoms with Crippen LogP contribution >= 0.6 is 11.8 Å². The number of carbonyl (C=O) groups is 3. The molecular formula is C18H18N2O5S. The zero-order chi connectivity index (χ0) is 19.1. The van der Waals surface area contributed by atoms with Crippen LogP contribution < -0.4 is 15.8 Å². The molecule has 0 aromatic heterocycles. The second-order valence-electron chi connectivity index (χ2n) is 5.13. The summed E-state index contributed by atoms with van der Waals surface area (Å²) in [4.78, 5) is 36.0. The zero-order valence-electron chi connectivity index (χ0n) is 14.3. The maximum atomic E-state index is 12.2. The Balaban J connectivity index is 1.94. The Bertz CT molecular complexity index is 821. The summed E-state index contributed by atoms with van der Waals surface area (Å²) in [7, 11) is 1.46. The number of amides is 2. The average molecular weight is 374 g/mol. The van der Waals surface area contributed by atoms with E-state index in [1.54, 1.807) is 18.2 Å². The maximum Gasteiger partial charge on any atom is 0.342 e. The van der Waals surface area contributed by atoms with Gasteiger partial charge in [-0.1, -0.05) is 0 Å². The number of primary amides is 1. The summed E-state index contributed by atoms with van der Waals surface area (Å²) >= 11 is 1.52. The minimum absolute atomic E-state index is 0.240. The number of benzene rings is 2. The van der Waals surface area contributed by atoms with E-state index in [-0.39, 0.29) is 5.56 Å². The third kappa shape index (κ3) is 5.00. The van der Waals surface area contributed by atoms with Gasteiger partial charge in [0.15, 0.2) is 6.61 Å². The van der Waals surface area contributed by atoms with Crippen molar-refractivity contribution in [3.05, 3.63) is 53.6 Å². The van der Waals surface area contributed by atoms with Gasteiger partial charge in [-0.15, -0.1) is 11.8 Å². The van der Waals surface area contributed by atoms with Crippen molar-refractivity contribution in [1.29, 1.82) is 0 Å². The molecule has 0 aliphatic carbocycles. The molecule has 0 aliphatic heterocycles. The lowest BCUT2D eigenvalue weighted by molar-refractivity contribution is -0.119. The van der Waals surface area contributed by atoms with Crippen molar-refractivity contribution in [2.45, 2.75) is 4.90 Å². The number of rotatable bonds is 7. The Hall–Kier alpha value is -3.00. The van der Waals surface area contributed by atoms with Crippen LogP contribution in [0, 0.1) is 0 Å². The minimum Gasteiger partial charge on any atom is -0.496 e. The molecule has 0 bridgehead atoms. The van der Waals surface area contributed by atoms with Crippen molar-refractivity contribution in [3.63, 3.8) is 0 Å². The number of nitrogens with one attached hydrogen (secondary N) is 1. The first-order chi connectivity index (χ1) is 12.4. The normalized spacial score (nSPS) is 10.1. The van der Waals surface area contributed by atoms with Crippen molar-refractivity contribution >= 4 is 35.2 Å². The van der Waals surface area contributed by atoms with E-state index in [1.165, 1.54) is 43.1 Å². The van der Waals surface area contributed by atoms with Gasteiger partial charge in [0.25, 0.3) is 5.91 Å². The fraction of sp³-hybridized carbons (Fsp3) is 0.167. The van der Waals surface area contributed by atoms with Crippen LogP contribution in [0.3, 0.4) is 0 Å². The third-order valence-corrected chi connectivity index (χ3v) is 4.14. The number of anilines is 1. The van der Waals surface area contributed by atoms with Gasteiger partial charge < -0.3 is 20.5 Å². The van der Waals surface area contributed by atoms with Crippen LogP contribution in [0.2, 0.25) is 0 Å². The predicted octanol–water partition coefficient (Wildman–Crippen LogP) is 2.31. The quantitative estimate of drug-likeness (QED) is 0.569. The molecule has 0 radical (unpaired) electrons. The third-order valence-electron chi connectivity index (χ3n) is 3.42. The van der Waals surface area contributed by atoms with Crippen LogP contribution in [0.15, 0.2) is 47.4 Å². The fourth-order valence-electron chi connectivity index (χ4n) is 2.09. The van der Waals surface area contributed by atoms with Crippen LogP contribution in [-0.4, -0.2) is 37.8 Å². The Kier molecular flexibility index (Phi) is 6.62. The van der Waals surface area contributed by atoms with E-state index < -0.39 is 24.4 Å². The predicted molar refractivity (Wildman–Crippen MR) is 98.6 cm³/mol. The van der Waals surface area contributed by atoms with Crippen LogP contribution in [0.1, 0.15) is 20.7 Å². The summed E-state index contributed by atoms with van der Waals surface area (Å²) in [5.41, 5.74) is 6.17. The molecule has 136 valence electrons. The molecule has 0 fully saturated rings. The highest BCUT2D eigenvalue weighted by atomic mass is 32.2. The van der Waals surface area contributed by atoms with Crippen molar-refractivity contribution in [3.8, 4) is 5.75 Å². The van der Waals surface area contributed by atoms with Gasteiger partial charge in [0.05, 0.1) is 7.11 Å². The molecular weight excluding hydrogens is 356 g/mol. The highest BCUT2D eigenvalue weighted by molar-refractivity contribution is 7.98. The van der Waals surface area contributed by atoms with Crippen LogP contribution in [-0.2, 0) is 9.53 Å². The summed E-state index contributed by atoms with van der Waals surface area (Å²) in [5.74, 6) is -1.35. The molecule has 26 heavy (non-hydrogen) atoms. The van der Waals surface area contributed by atoms with E-state index in [1.807, 2.05) is 6.26 Å². The highest BCUT2D eigenvalue weighted by Crippen LogP contribution is 2.25. The lowest BCUT2D eigenvalue weighted by Crippen LogP contribution is -2.21. The molecule has 8 heteroatoms. The lowest BCUT2D eigenvalue weighted by atomic mass is 10.2. The number of carbonyl (C=O) groups excluding carboxylic acids is 3. The number of thioether (sulfide) groups is 1. The van der Waals surface area contributed by atoms with E-state index in [9.17, 15) is 14.4 Å². The average Bonchev–Trinajstić information content (AvgIpc) is 2.65. The number of hydrogen-bond donors (Lipinski definition) is 2. The zero-order valence-corrected chi connectivity index (χ0v) is 15.1. The second-order valence-corrected chi connectivity index (χ2v) is 6.01. The van der Waals surface area contributed by atoms with E-state index in [2.05, 4.69) is 5.32 Å². The van der Waals surface area contributed by atoms with Gasteiger partial charge in [-0.2, -0.15) is 0 Å². The Morgan fingerprint density at radius 2 is 1.81 bits per heavy atom. The van der Waals surface area contributed by atoms with Gasteiger partial charge in [0.2, 0.25) is 5.91 Å². The van der Waals surface area contributed by atoms with Crippen LogP contribution in [0.4, 0.5) is 5.69 Å². The molecule has 0 unspecified atom stereocenters. The van der Waals surface area contributed by atoms with Gasteiger partial charge in [0.1, 0.15) is 11.3 Å². The smallest absolute Gasteiger partial charge is 0.342 e. The second kappa shape index (κ2) is 8.91. The molecule has 0 heterocycles. The van der Waals surface area contributed by atoms with Gasteiger partial charge in [-0.3, -0.25) is 9.59 Å². The van der Waals surface area contributed by atoms with Crippen molar-refractivity contribution in [1.82, 2.24) is 0 Å². The molecule has 2 rings (SSSR count). The first kappa shape index (κ1) is 19.3. The molecule has 3 N–H and O–H groups in total. The van der Waals surface area contributed by atoms with Crippen molar-refractivity contribution in [2.24, 2.45) is 5.73 Å². The molecule has 0 saturated heterocycles. The Morgan fingerprint density at radius 3 is 2.38 bits per heavy atom. The van der Waals surface area contributed by atoms with Gasteiger partial charge in [-0.25, -0.2) is 4.79 Å². The summed E-state index contributed by atoms with van der Waals surface area (Å²) in [6.45, 7) is -0.455. The summed E-state index contributed by atoms with van der Waals surface area (Å²) in [6, 6.07) is 11.1. The number of ether oxygens (including phenoxy) is 2. The number of hydrogen-bond acceptors (Lipinski definition) is 6. The number of esters is 1. The maximum absolute atomic E-state index is 12.2. The van der Waals surface area contributed by atoms with Gasteiger partial charge in [0, 0.05) is 16.1 Å². The number of nitrogens with two attached hydrogens (primary N) is 1. The first-order valence-electron chi connectivity index (χ1n) is 7.53. The molecule has 0 aliphatic rings. The molecule has 0 spiro atoms. The molecule has 2 aromatic rings. The largest absolute Gasteiger partial charge is 0.496 e. The summed E-state index contributed by atoms with van der Waals surface area (Å²) in [5, 5.41) is 2.56. The SMILES string of the molecule is COc1cc(SC)ccc1C(=O)OCC(=O)Nc1ccc(C(N)=O)cc1. The van der Waals surface area contributed by atoms with E-state index in [0.717, 1.165) is 4.90 Å². The molecule has 2 amide bonds. The van der Waals surface area contributed by atoms with E-state index in [4.69, 9.17) is 15.2 Å². The Labute approximate surface area is 154 Å². The standard InChI is InChI=1S/C18H18N2O5S/c1-24-15-9-13(26-2)7-8-14(15)18(23)25-10-16(21)20-12-5-3-11(4-6-12)17(19)22/h3-9H,10H2,1-2H3,(H2,19,22)(H,20,21).